The van der Waals surface area contributed by atoms with E-state index in [0.717, 1.165) is 48.3 Å². The number of ether oxygens (including phenoxy) is 1. The Morgan fingerprint density at radius 2 is 1.82 bits per heavy atom. The molecule has 22 heavy (non-hydrogen) atoms. The van der Waals surface area contributed by atoms with Crippen LogP contribution < -0.4 is 0 Å². The average molecular weight is 306 g/mol. The first kappa shape index (κ1) is 15.4. The minimum absolute atomic E-state index is 0.540. The number of nitrogens with zero attached hydrogens (tertiary/aromatic N) is 1. The molecule has 3 heterocycles. The SMILES string of the molecule is CC(C)C1C2CCC(CC(C)N3CC4CCC3CO4)C1CC2. The van der Waals surface area contributed by atoms with Gasteiger partial charge in [-0.25, -0.2) is 0 Å². The van der Waals surface area contributed by atoms with Gasteiger partial charge in [-0.1, -0.05) is 13.8 Å². The number of rotatable bonds is 4. The maximum atomic E-state index is 5.90. The Hall–Kier alpha value is -0.0800. The Balaban J connectivity index is 1.40. The highest BCUT2D eigenvalue weighted by Gasteiger charge is 2.46. The molecule has 0 aromatic carbocycles. The molecule has 7 unspecified atom stereocenters. The van der Waals surface area contributed by atoms with Gasteiger partial charge < -0.3 is 4.74 Å². The summed E-state index contributed by atoms with van der Waals surface area (Å²) < 4.78 is 5.90. The molecular weight excluding hydrogens is 270 g/mol. The van der Waals surface area contributed by atoms with Crippen LogP contribution in [0, 0.1) is 29.6 Å². The van der Waals surface area contributed by atoms with Crippen LogP contribution in [0.3, 0.4) is 0 Å². The molecule has 2 saturated carbocycles. The van der Waals surface area contributed by atoms with Crippen LogP contribution in [0.2, 0.25) is 0 Å². The van der Waals surface area contributed by atoms with E-state index in [9.17, 15) is 0 Å². The van der Waals surface area contributed by atoms with E-state index in [2.05, 4.69) is 25.7 Å². The molecule has 0 radical (unpaired) electrons. The van der Waals surface area contributed by atoms with Crippen LogP contribution in [0.1, 0.15) is 65.7 Å². The highest BCUT2D eigenvalue weighted by Crippen LogP contribution is 2.53. The van der Waals surface area contributed by atoms with Crippen molar-refractivity contribution in [1.82, 2.24) is 4.90 Å². The molecule has 5 rings (SSSR count). The molecule has 2 aliphatic carbocycles. The zero-order valence-electron chi connectivity index (χ0n) is 14.8. The van der Waals surface area contributed by atoms with E-state index in [-0.39, 0.29) is 0 Å². The summed E-state index contributed by atoms with van der Waals surface area (Å²) in [5.74, 6) is 5.04. The Bertz CT molecular complexity index is 387. The summed E-state index contributed by atoms with van der Waals surface area (Å²) >= 11 is 0. The van der Waals surface area contributed by atoms with Gasteiger partial charge in [-0.15, -0.1) is 0 Å². The second-order valence-corrected chi connectivity index (χ2v) is 9.13. The number of hydrogen-bond donors (Lipinski definition) is 0. The first-order valence-corrected chi connectivity index (χ1v) is 10.0. The average Bonchev–Trinajstić information content (AvgIpc) is 2.87. The summed E-state index contributed by atoms with van der Waals surface area (Å²) in [7, 11) is 0. The summed E-state index contributed by atoms with van der Waals surface area (Å²) in [6.45, 7) is 9.66. The molecule has 4 bridgehead atoms. The molecule has 2 nitrogen and oxygen atoms in total. The van der Waals surface area contributed by atoms with Gasteiger partial charge in [0.05, 0.1) is 12.7 Å². The van der Waals surface area contributed by atoms with E-state index in [1.807, 2.05) is 0 Å². The summed E-state index contributed by atoms with van der Waals surface area (Å²) in [6.07, 6.45) is 10.8. The molecule has 126 valence electrons. The molecule has 0 N–H and O–H groups in total. The van der Waals surface area contributed by atoms with Crippen molar-refractivity contribution >= 4 is 0 Å². The lowest BCUT2D eigenvalue weighted by molar-refractivity contribution is -0.121. The largest absolute Gasteiger partial charge is 0.375 e. The van der Waals surface area contributed by atoms with E-state index >= 15 is 0 Å². The molecular formula is C20H35NO. The van der Waals surface area contributed by atoms with Gasteiger partial charge in [0, 0.05) is 18.6 Å². The summed E-state index contributed by atoms with van der Waals surface area (Å²) in [4.78, 5) is 2.81. The normalized spacial score (nSPS) is 46.4. The highest BCUT2D eigenvalue weighted by atomic mass is 16.5. The summed E-state index contributed by atoms with van der Waals surface area (Å²) in [5.41, 5.74) is 0. The van der Waals surface area contributed by atoms with Crippen LogP contribution in [0.25, 0.3) is 0 Å². The van der Waals surface area contributed by atoms with Crippen molar-refractivity contribution in [3.63, 3.8) is 0 Å². The summed E-state index contributed by atoms with van der Waals surface area (Å²) in [6, 6.07) is 1.49. The van der Waals surface area contributed by atoms with Crippen molar-refractivity contribution < 1.29 is 4.74 Å². The van der Waals surface area contributed by atoms with Crippen LogP contribution in [0.15, 0.2) is 0 Å². The van der Waals surface area contributed by atoms with Gasteiger partial charge in [-0.05, 0) is 81.5 Å². The lowest BCUT2D eigenvalue weighted by Gasteiger charge is -2.49. The molecule has 0 spiro atoms. The molecule has 0 aromatic rings. The van der Waals surface area contributed by atoms with Gasteiger partial charge in [-0.2, -0.15) is 0 Å². The molecule has 3 saturated heterocycles. The molecule has 3 aliphatic heterocycles. The van der Waals surface area contributed by atoms with Crippen LogP contribution in [-0.2, 0) is 4.74 Å². The lowest BCUT2D eigenvalue weighted by Crippen LogP contribution is -2.57. The molecule has 5 fully saturated rings. The van der Waals surface area contributed by atoms with Gasteiger partial charge in [0.1, 0.15) is 0 Å². The number of morpholine rings is 1. The van der Waals surface area contributed by atoms with Gasteiger partial charge in [0.25, 0.3) is 0 Å². The fraction of sp³-hybridized carbons (Fsp3) is 1.00. The minimum Gasteiger partial charge on any atom is -0.375 e. The fourth-order valence-electron chi connectivity index (χ4n) is 6.70. The molecule has 2 heteroatoms. The van der Waals surface area contributed by atoms with Crippen LogP contribution >= 0.6 is 0 Å². The van der Waals surface area contributed by atoms with E-state index < -0.39 is 0 Å². The zero-order valence-corrected chi connectivity index (χ0v) is 14.8. The van der Waals surface area contributed by atoms with Crippen LogP contribution in [0.4, 0.5) is 0 Å². The summed E-state index contributed by atoms with van der Waals surface area (Å²) in [5, 5.41) is 0. The van der Waals surface area contributed by atoms with E-state index in [0.29, 0.717) is 6.10 Å². The van der Waals surface area contributed by atoms with Gasteiger partial charge in [0.2, 0.25) is 0 Å². The molecule has 0 aromatic heterocycles. The topological polar surface area (TPSA) is 12.5 Å². The quantitative estimate of drug-likeness (QED) is 0.766. The molecule has 5 aliphatic rings. The predicted octanol–water partition coefficient (Wildman–Crippen LogP) is 4.34. The van der Waals surface area contributed by atoms with Crippen molar-refractivity contribution in [2.75, 3.05) is 13.2 Å². The zero-order chi connectivity index (χ0) is 15.3. The Kier molecular flexibility index (Phi) is 4.28. The highest BCUT2D eigenvalue weighted by molar-refractivity contribution is 4.97. The van der Waals surface area contributed by atoms with Crippen molar-refractivity contribution in [2.24, 2.45) is 29.6 Å². The predicted molar refractivity (Wildman–Crippen MR) is 90.8 cm³/mol. The minimum atomic E-state index is 0.540. The van der Waals surface area contributed by atoms with Crippen LogP contribution in [-0.4, -0.2) is 36.2 Å². The van der Waals surface area contributed by atoms with E-state index in [1.54, 1.807) is 0 Å². The number of fused-ring (bicyclic) bond motifs is 5. The maximum Gasteiger partial charge on any atom is 0.0703 e. The second kappa shape index (κ2) is 6.09. The number of piperidine rings is 1. The van der Waals surface area contributed by atoms with Crippen molar-refractivity contribution in [3.05, 3.63) is 0 Å². The molecule has 0 amide bonds. The third-order valence-electron chi connectivity index (χ3n) is 7.63. The lowest BCUT2D eigenvalue weighted by atomic mass is 9.66. The number of hydrogen-bond acceptors (Lipinski definition) is 2. The first-order chi connectivity index (χ1) is 10.6. The standard InChI is InChI=1S/C20H35NO/c1-13(2)20-15-4-5-16(19(20)9-6-15)10-14(3)21-11-18-8-7-17(21)12-22-18/h13-20H,4-12H2,1-3H3. The van der Waals surface area contributed by atoms with Crippen molar-refractivity contribution in [2.45, 2.75) is 83.9 Å². The Morgan fingerprint density at radius 1 is 1.00 bits per heavy atom. The van der Waals surface area contributed by atoms with Crippen molar-refractivity contribution in [1.29, 1.82) is 0 Å². The first-order valence-electron chi connectivity index (χ1n) is 10.0. The monoisotopic (exact) mass is 305 g/mol. The van der Waals surface area contributed by atoms with Gasteiger partial charge >= 0.3 is 0 Å². The van der Waals surface area contributed by atoms with Crippen molar-refractivity contribution in [3.8, 4) is 0 Å². The van der Waals surface area contributed by atoms with Gasteiger partial charge in [0.15, 0.2) is 0 Å². The maximum absolute atomic E-state index is 5.90. The third kappa shape index (κ3) is 2.65. The second-order valence-electron chi connectivity index (χ2n) is 9.13. The van der Waals surface area contributed by atoms with E-state index in [4.69, 9.17) is 4.74 Å². The fourth-order valence-corrected chi connectivity index (χ4v) is 6.70. The van der Waals surface area contributed by atoms with E-state index in [1.165, 1.54) is 51.5 Å². The Morgan fingerprint density at radius 3 is 2.45 bits per heavy atom. The third-order valence-corrected chi connectivity index (χ3v) is 7.63. The molecule has 7 atom stereocenters. The van der Waals surface area contributed by atoms with Gasteiger partial charge in [-0.3, -0.25) is 4.90 Å². The van der Waals surface area contributed by atoms with Crippen LogP contribution in [0.5, 0.6) is 0 Å². The smallest absolute Gasteiger partial charge is 0.0703 e. The Labute approximate surface area is 137 Å².